The molecule has 0 unspecified atom stereocenters. The van der Waals surface area contributed by atoms with Gasteiger partial charge in [-0.25, -0.2) is 4.98 Å². The van der Waals surface area contributed by atoms with Gasteiger partial charge >= 0.3 is 0 Å². The normalized spacial score (nSPS) is 11.3. The van der Waals surface area contributed by atoms with Crippen LogP contribution in [0.1, 0.15) is 48.6 Å². The zero-order valence-electron chi connectivity index (χ0n) is 15.2. The van der Waals surface area contributed by atoms with Crippen LogP contribution in [-0.4, -0.2) is 22.1 Å². The predicted molar refractivity (Wildman–Crippen MR) is 103 cm³/mol. The minimum absolute atomic E-state index is 0.121. The number of benzene rings is 1. The van der Waals surface area contributed by atoms with Crippen molar-refractivity contribution in [1.82, 2.24) is 9.55 Å². The molecule has 2 heterocycles. The molecule has 3 rings (SSSR count). The molecule has 0 aliphatic carbocycles. The quantitative estimate of drug-likeness (QED) is 0.703. The number of nitrogens with one attached hydrogen (secondary N) is 1. The number of anilines is 1. The van der Waals surface area contributed by atoms with E-state index in [2.05, 4.69) is 28.7 Å². The van der Waals surface area contributed by atoms with E-state index in [1.807, 2.05) is 45.0 Å². The van der Waals surface area contributed by atoms with E-state index in [1.54, 1.807) is 0 Å². The highest BCUT2D eigenvalue weighted by atomic mass is 32.1. The SMILES string of the molecule is CCOc1ccc2nc(NC(=O)c3cc(C)n(C(C)C)c3C)sc2c1. The molecule has 0 saturated carbocycles. The van der Waals surface area contributed by atoms with Crippen molar-refractivity contribution in [2.75, 3.05) is 11.9 Å². The van der Waals surface area contributed by atoms with E-state index in [0.29, 0.717) is 23.3 Å². The summed E-state index contributed by atoms with van der Waals surface area (Å²) in [5, 5.41) is 3.53. The van der Waals surface area contributed by atoms with Crippen molar-refractivity contribution in [3.63, 3.8) is 0 Å². The van der Waals surface area contributed by atoms with E-state index in [1.165, 1.54) is 11.3 Å². The van der Waals surface area contributed by atoms with E-state index < -0.39 is 0 Å². The number of carbonyl (C=O) groups excluding carboxylic acids is 1. The molecule has 0 fully saturated rings. The molecule has 0 saturated heterocycles. The average molecular weight is 357 g/mol. The summed E-state index contributed by atoms with van der Waals surface area (Å²) in [6.45, 7) is 10.8. The van der Waals surface area contributed by atoms with E-state index in [9.17, 15) is 4.79 Å². The van der Waals surface area contributed by atoms with Crippen LogP contribution >= 0.6 is 11.3 Å². The molecule has 132 valence electrons. The molecule has 0 aliphatic heterocycles. The van der Waals surface area contributed by atoms with E-state index in [4.69, 9.17) is 4.74 Å². The molecule has 1 aromatic carbocycles. The standard InChI is InChI=1S/C19H23N3O2S/c1-6-24-14-7-8-16-17(10-14)25-19(20-16)21-18(23)15-9-12(4)22(11(2)3)13(15)5/h7-11H,6H2,1-5H3,(H,20,21,23). The number of hydrogen-bond acceptors (Lipinski definition) is 4. The molecule has 2 aromatic heterocycles. The van der Waals surface area contributed by atoms with Gasteiger partial charge in [-0.1, -0.05) is 11.3 Å². The Kier molecular flexibility index (Phi) is 4.81. The van der Waals surface area contributed by atoms with Crippen molar-refractivity contribution in [3.8, 4) is 5.75 Å². The Hall–Kier alpha value is -2.34. The minimum atomic E-state index is -0.121. The maximum atomic E-state index is 12.7. The molecule has 0 spiro atoms. The third-order valence-electron chi connectivity index (χ3n) is 4.14. The summed E-state index contributed by atoms with van der Waals surface area (Å²) >= 11 is 1.45. The summed E-state index contributed by atoms with van der Waals surface area (Å²) in [5.41, 5.74) is 3.62. The van der Waals surface area contributed by atoms with Gasteiger partial charge in [-0.05, 0) is 58.9 Å². The van der Waals surface area contributed by atoms with Gasteiger partial charge in [-0.15, -0.1) is 0 Å². The molecule has 3 aromatic rings. The first-order valence-corrected chi connectivity index (χ1v) is 9.25. The van der Waals surface area contributed by atoms with Gasteiger partial charge in [0.1, 0.15) is 5.75 Å². The van der Waals surface area contributed by atoms with Gasteiger partial charge in [0.25, 0.3) is 5.91 Å². The van der Waals surface area contributed by atoms with Gasteiger partial charge < -0.3 is 9.30 Å². The van der Waals surface area contributed by atoms with Crippen LogP contribution in [0.25, 0.3) is 10.2 Å². The highest BCUT2D eigenvalue weighted by molar-refractivity contribution is 7.22. The number of hydrogen-bond donors (Lipinski definition) is 1. The lowest BCUT2D eigenvalue weighted by atomic mass is 10.2. The third-order valence-corrected chi connectivity index (χ3v) is 5.07. The number of nitrogens with zero attached hydrogens (tertiary/aromatic N) is 2. The highest BCUT2D eigenvalue weighted by Gasteiger charge is 2.18. The Morgan fingerprint density at radius 2 is 2.08 bits per heavy atom. The summed E-state index contributed by atoms with van der Waals surface area (Å²) in [7, 11) is 0. The van der Waals surface area contributed by atoms with Crippen LogP contribution in [0.2, 0.25) is 0 Å². The fourth-order valence-electron chi connectivity index (χ4n) is 3.18. The Morgan fingerprint density at radius 1 is 1.32 bits per heavy atom. The monoisotopic (exact) mass is 357 g/mol. The third kappa shape index (κ3) is 3.39. The fraction of sp³-hybridized carbons (Fsp3) is 0.368. The summed E-state index contributed by atoms with van der Waals surface area (Å²) in [6, 6.07) is 8.02. The van der Waals surface area contributed by atoms with Crippen LogP contribution in [0.3, 0.4) is 0 Å². The van der Waals surface area contributed by atoms with Crippen molar-refractivity contribution < 1.29 is 9.53 Å². The summed E-state index contributed by atoms with van der Waals surface area (Å²) < 4.78 is 8.68. The van der Waals surface area contributed by atoms with Crippen LogP contribution < -0.4 is 10.1 Å². The van der Waals surface area contributed by atoms with Crippen molar-refractivity contribution in [1.29, 1.82) is 0 Å². The average Bonchev–Trinajstić information content (AvgIpc) is 3.07. The van der Waals surface area contributed by atoms with Gasteiger partial charge in [-0.2, -0.15) is 0 Å². The molecule has 1 N–H and O–H groups in total. The van der Waals surface area contributed by atoms with Gasteiger partial charge in [0.2, 0.25) is 0 Å². The second-order valence-electron chi connectivity index (χ2n) is 6.28. The zero-order valence-corrected chi connectivity index (χ0v) is 16.0. The molecule has 0 atom stereocenters. The molecule has 1 amide bonds. The molecule has 0 bridgehead atoms. The summed E-state index contributed by atoms with van der Waals surface area (Å²) in [6.07, 6.45) is 0. The molecule has 5 nitrogen and oxygen atoms in total. The second-order valence-corrected chi connectivity index (χ2v) is 7.31. The minimum Gasteiger partial charge on any atom is -0.494 e. The van der Waals surface area contributed by atoms with Crippen molar-refractivity contribution >= 4 is 32.6 Å². The first-order chi connectivity index (χ1) is 11.9. The molecule has 0 radical (unpaired) electrons. The van der Waals surface area contributed by atoms with Crippen LogP contribution in [0.4, 0.5) is 5.13 Å². The van der Waals surface area contributed by atoms with E-state index in [0.717, 1.165) is 27.4 Å². The zero-order chi connectivity index (χ0) is 18.1. The maximum absolute atomic E-state index is 12.7. The lowest BCUT2D eigenvalue weighted by Crippen LogP contribution is -2.13. The molecule has 6 heteroatoms. The first-order valence-electron chi connectivity index (χ1n) is 8.43. The van der Waals surface area contributed by atoms with Crippen molar-refractivity contribution in [3.05, 3.63) is 41.2 Å². The fourth-order valence-corrected chi connectivity index (χ4v) is 4.07. The number of carbonyl (C=O) groups is 1. The number of fused-ring (bicyclic) bond motifs is 1. The van der Waals surface area contributed by atoms with Gasteiger partial charge in [0.05, 0.1) is 22.4 Å². The van der Waals surface area contributed by atoms with Crippen molar-refractivity contribution in [2.45, 2.75) is 40.7 Å². The predicted octanol–water partition coefficient (Wildman–Crippen LogP) is 4.95. The number of aromatic nitrogens is 2. The van der Waals surface area contributed by atoms with Crippen LogP contribution in [0.5, 0.6) is 5.75 Å². The van der Waals surface area contributed by atoms with Crippen LogP contribution in [0, 0.1) is 13.8 Å². The molecule has 25 heavy (non-hydrogen) atoms. The number of thiazole rings is 1. The van der Waals surface area contributed by atoms with E-state index in [-0.39, 0.29) is 5.91 Å². The van der Waals surface area contributed by atoms with Gasteiger partial charge in [-0.3, -0.25) is 10.1 Å². The molecule has 0 aliphatic rings. The lowest BCUT2D eigenvalue weighted by Gasteiger charge is -2.13. The second kappa shape index (κ2) is 6.88. The molecular formula is C19H23N3O2S. The molecular weight excluding hydrogens is 334 g/mol. The number of rotatable bonds is 5. The lowest BCUT2D eigenvalue weighted by molar-refractivity contribution is 0.102. The first kappa shape index (κ1) is 17.5. The Balaban J connectivity index is 1.86. The van der Waals surface area contributed by atoms with Gasteiger partial charge in [0, 0.05) is 17.4 Å². The number of aryl methyl sites for hydroxylation is 1. The topological polar surface area (TPSA) is 56.1 Å². The van der Waals surface area contributed by atoms with Gasteiger partial charge in [0.15, 0.2) is 5.13 Å². The highest BCUT2D eigenvalue weighted by Crippen LogP contribution is 2.30. The number of amides is 1. The van der Waals surface area contributed by atoms with E-state index >= 15 is 0 Å². The summed E-state index contributed by atoms with van der Waals surface area (Å²) in [4.78, 5) is 17.2. The van der Waals surface area contributed by atoms with Crippen LogP contribution in [0.15, 0.2) is 24.3 Å². The smallest absolute Gasteiger partial charge is 0.259 e. The Labute approximate surface area is 151 Å². The van der Waals surface area contributed by atoms with Crippen molar-refractivity contribution in [2.24, 2.45) is 0 Å². The van der Waals surface area contributed by atoms with Crippen LogP contribution in [-0.2, 0) is 0 Å². The summed E-state index contributed by atoms with van der Waals surface area (Å²) in [5.74, 6) is 0.695. The largest absolute Gasteiger partial charge is 0.494 e. The maximum Gasteiger partial charge on any atom is 0.259 e. The Bertz CT molecular complexity index is 924. The Morgan fingerprint density at radius 3 is 2.72 bits per heavy atom. The number of ether oxygens (including phenoxy) is 1.